The first-order chi connectivity index (χ1) is 7.74. The molecule has 0 aliphatic heterocycles. The molecule has 0 radical (unpaired) electrons. The number of methoxy groups -OCH3 is 1. The van der Waals surface area contributed by atoms with Gasteiger partial charge in [-0.2, -0.15) is 5.10 Å². The fourth-order valence-electron chi connectivity index (χ4n) is 2.48. The first kappa shape index (κ1) is 10.5. The van der Waals surface area contributed by atoms with Crippen LogP contribution in [0.25, 0.3) is 0 Å². The molecule has 5 heteroatoms. The molecule has 1 heterocycles. The van der Waals surface area contributed by atoms with Gasteiger partial charge in [0.15, 0.2) is 4.77 Å². The van der Waals surface area contributed by atoms with Crippen molar-refractivity contribution in [3.8, 4) is 0 Å². The average molecular weight is 239 g/mol. The minimum Gasteiger partial charge on any atom is -0.378 e. The normalized spacial score (nSPS) is 23.1. The summed E-state index contributed by atoms with van der Waals surface area (Å²) in [5.41, 5.74) is 0.0353. The van der Waals surface area contributed by atoms with Gasteiger partial charge in [0.25, 0.3) is 0 Å². The summed E-state index contributed by atoms with van der Waals surface area (Å²) in [6.45, 7) is 0. The number of nitrogens with one attached hydrogen (secondary N) is 1. The van der Waals surface area contributed by atoms with Gasteiger partial charge < -0.3 is 9.30 Å². The van der Waals surface area contributed by atoms with Gasteiger partial charge in [-0.25, -0.2) is 0 Å². The number of aromatic amines is 1. The van der Waals surface area contributed by atoms with Crippen molar-refractivity contribution in [3.05, 3.63) is 10.6 Å². The smallest absolute Gasteiger partial charge is 0.195 e. The van der Waals surface area contributed by atoms with E-state index in [0.717, 1.165) is 29.9 Å². The van der Waals surface area contributed by atoms with Gasteiger partial charge in [0.05, 0.1) is 5.60 Å². The zero-order chi connectivity index (χ0) is 11.2. The minimum absolute atomic E-state index is 0.0353. The van der Waals surface area contributed by atoms with E-state index in [1.54, 1.807) is 0 Å². The van der Waals surface area contributed by atoms with Gasteiger partial charge in [0.2, 0.25) is 0 Å². The molecule has 0 unspecified atom stereocenters. The molecule has 2 aliphatic rings. The molecule has 0 bridgehead atoms. The number of rotatable bonds is 4. The Hall–Kier alpha value is -0.680. The first-order valence-corrected chi connectivity index (χ1v) is 6.36. The molecular weight excluding hydrogens is 222 g/mol. The maximum atomic E-state index is 5.64. The van der Waals surface area contributed by atoms with E-state index in [9.17, 15) is 0 Å². The fraction of sp³-hybridized carbons (Fsp3) is 0.818. The van der Waals surface area contributed by atoms with E-state index in [-0.39, 0.29) is 5.60 Å². The Kier molecular flexibility index (Phi) is 2.40. The highest BCUT2D eigenvalue weighted by Crippen LogP contribution is 2.40. The van der Waals surface area contributed by atoms with Crippen molar-refractivity contribution in [2.75, 3.05) is 7.11 Å². The Bertz CT molecular complexity index is 437. The molecule has 2 fully saturated rings. The third kappa shape index (κ3) is 1.62. The van der Waals surface area contributed by atoms with Crippen LogP contribution in [0.3, 0.4) is 0 Å². The van der Waals surface area contributed by atoms with Crippen LogP contribution >= 0.6 is 12.2 Å². The van der Waals surface area contributed by atoms with Crippen LogP contribution in [0.2, 0.25) is 0 Å². The second-order valence-corrected chi connectivity index (χ2v) is 5.35. The monoisotopic (exact) mass is 239 g/mol. The second kappa shape index (κ2) is 3.67. The SMILES string of the molecule is COC1(Cc2n[nH]c(=S)n2C2CC2)CCC1. The summed E-state index contributed by atoms with van der Waals surface area (Å²) in [5.74, 6) is 1.08. The van der Waals surface area contributed by atoms with Crippen LogP contribution in [-0.4, -0.2) is 27.5 Å². The van der Waals surface area contributed by atoms with Crippen LogP contribution in [-0.2, 0) is 11.2 Å². The molecule has 0 spiro atoms. The number of hydrogen-bond donors (Lipinski definition) is 1. The molecular formula is C11H17N3OS. The average Bonchev–Trinajstić information content (AvgIpc) is 2.98. The zero-order valence-electron chi connectivity index (χ0n) is 9.53. The maximum Gasteiger partial charge on any atom is 0.195 e. The first-order valence-electron chi connectivity index (χ1n) is 5.95. The molecule has 0 aromatic carbocycles. The fourth-order valence-corrected chi connectivity index (χ4v) is 2.78. The second-order valence-electron chi connectivity index (χ2n) is 4.96. The number of aromatic nitrogens is 3. The van der Waals surface area contributed by atoms with Crippen molar-refractivity contribution in [2.24, 2.45) is 0 Å². The number of hydrogen-bond acceptors (Lipinski definition) is 3. The van der Waals surface area contributed by atoms with Crippen LogP contribution in [0.4, 0.5) is 0 Å². The van der Waals surface area contributed by atoms with Gasteiger partial charge in [0, 0.05) is 19.6 Å². The molecule has 3 rings (SSSR count). The molecule has 2 saturated carbocycles. The number of H-pyrrole nitrogens is 1. The largest absolute Gasteiger partial charge is 0.378 e. The van der Waals surface area contributed by atoms with Gasteiger partial charge in [-0.1, -0.05) is 0 Å². The molecule has 4 nitrogen and oxygen atoms in total. The van der Waals surface area contributed by atoms with E-state index >= 15 is 0 Å². The lowest BCUT2D eigenvalue weighted by atomic mass is 9.77. The third-order valence-electron chi connectivity index (χ3n) is 3.87. The van der Waals surface area contributed by atoms with Crippen molar-refractivity contribution >= 4 is 12.2 Å². The summed E-state index contributed by atoms with van der Waals surface area (Å²) < 4.78 is 8.60. The Balaban J connectivity index is 1.86. The summed E-state index contributed by atoms with van der Waals surface area (Å²) in [7, 11) is 1.81. The Morgan fingerprint density at radius 3 is 2.81 bits per heavy atom. The molecule has 0 atom stereocenters. The predicted octanol–water partition coefficient (Wildman–Crippen LogP) is 2.39. The standard InChI is InChI=1S/C11H17N3OS/c1-15-11(5-2-6-11)7-9-12-13-10(16)14(9)8-3-4-8/h8H,2-7H2,1H3,(H,13,16). The highest BCUT2D eigenvalue weighted by Gasteiger charge is 2.39. The molecule has 2 aliphatic carbocycles. The zero-order valence-corrected chi connectivity index (χ0v) is 10.3. The lowest BCUT2D eigenvalue weighted by molar-refractivity contribution is -0.0726. The highest BCUT2D eigenvalue weighted by molar-refractivity contribution is 7.71. The topological polar surface area (TPSA) is 42.8 Å². The molecule has 1 aromatic rings. The van der Waals surface area contributed by atoms with Crippen molar-refractivity contribution < 1.29 is 4.74 Å². The maximum absolute atomic E-state index is 5.64. The van der Waals surface area contributed by atoms with Gasteiger partial charge in [-0.15, -0.1) is 0 Å². The number of ether oxygens (including phenoxy) is 1. The Labute approximate surface area is 100 Å². The van der Waals surface area contributed by atoms with E-state index in [4.69, 9.17) is 17.0 Å². The van der Waals surface area contributed by atoms with Crippen molar-refractivity contribution in [3.63, 3.8) is 0 Å². The van der Waals surface area contributed by atoms with E-state index in [2.05, 4.69) is 14.8 Å². The molecule has 0 amide bonds. The minimum atomic E-state index is 0.0353. The predicted molar refractivity (Wildman–Crippen MR) is 63.0 cm³/mol. The van der Waals surface area contributed by atoms with Crippen LogP contribution in [0.15, 0.2) is 0 Å². The van der Waals surface area contributed by atoms with Crippen LogP contribution in [0.1, 0.15) is 44.0 Å². The Morgan fingerprint density at radius 1 is 1.56 bits per heavy atom. The van der Waals surface area contributed by atoms with Crippen molar-refractivity contribution in [1.82, 2.24) is 14.8 Å². The van der Waals surface area contributed by atoms with E-state index in [0.29, 0.717) is 6.04 Å². The lowest BCUT2D eigenvalue weighted by Crippen LogP contribution is -2.42. The van der Waals surface area contributed by atoms with Gasteiger partial charge in [0.1, 0.15) is 5.82 Å². The van der Waals surface area contributed by atoms with E-state index in [1.165, 1.54) is 19.3 Å². The Morgan fingerprint density at radius 2 is 2.31 bits per heavy atom. The summed E-state index contributed by atoms with van der Waals surface area (Å²) >= 11 is 5.27. The van der Waals surface area contributed by atoms with Crippen LogP contribution in [0.5, 0.6) is 0 Å². The molecule has 1 N–H and O–H groups in total. The van der Waals surface area contributed by atoms with E-state index < -0.39 is 0 Å². The van der Waals surface area contributed by atoms with Crippen LogP contribution < -0.4 is 0 Å². The van der Waals surface area contributed by atoms with Crippen molar-refractivity contribution in [1.29, 1.82) is 0 Å². The van der Waals surface area contributed by atoms with Crippen molar-refractivity contribution in [2.45, 2.75) is 50.2 Å². The quantitative estimate of drug-likeness (QED) is 0.820. The number of nitrogens with zero attached hydrogens (tertiary/aromatic N) is 2. The summed E-state index contributed by atoms with van der Waals surface area (Å²) in [4.78, 5) is 0. The summed E-state index contributed by atoms with van der Waals surface area (Å²) in [5, 5.41) is 7.27. The van der Waals surface area contributed by atoms with Gasteiger partial charge in [-0.05, 0) is 44.3 Å². The molecule has 88 valence electrons. The molecule has 16 heavy (non-hydrogen) atoms. The summed E-state index contributed by atoms with van der Waals surface area (Å²) in [6, 6.07) is 0.593. The highest BCUT2D eigenvalue weighted by atomic mass is 32.1. The van der Waals surface area contributed by atoms with E-state index in [1.807, 2.05) is 7.11 Å². The van der Waals surface area contributed by atoms with Gasteiger partial charge in [-0.3, -0.25) is 5.10 Å². The van der Waals surface area contributed by atoms with Gasteiger partial charge >= 0.3 is 0 Å². The summed E-state index contributed by atoms with van der Waals surface area (Å²) in [6.07, 6.45) is 6.93. The van der Waals surface area contributed by atoms with Crippen LogP contribution in [0, 0.1) is 4.77 Å². The lowest BCUT2D eigenvalue weighted by Gasteiger charge is -2.40. The third-order valence-corrected chi connectivity index (χ3v) is 4.16. The molecule has 1 aromatic heterocycles. The molecule has 0 saturated heterocycles.